The largest absolute Gasteiger partial charge is 0.273 e. The van der Waals surface area contributed by atoms with E-state index in [1.807, 2.05) is 55.5 Å². The Morgan fingerprint density at radius 1 is 1.05 bits per heavy atom. The van der Waals surface area contributed by atoms with Crippen LogP contribution in [0.2, 0.25) is 0 Å². The third-order valence-corrected chi connectivity index (χ3v) is 3.28. The summed E-state index contributed by atoms with van der Waals surface area (Å²) in [6.07, 6.45) is 1.71. The average Bonchev–Trinajstić information content (AvgIpc) is 2.94. The zero-order valence-corrected chi connectivity index (χ0v) is 11.9. The van der Waals surface area contributed by atoms with Gasteiger partial charge in [0.05, 0.1) is 17.1 Å². The standard InChI is InChI=1S/C17H15N3O/c1-12-6-8-14(9-7-12)16-11-17(20(19-16)13(2)21)15-5-3-4-10-18-15/h3-11H,1-2H3. The van der Waals surface area contributed by atoms with Crippen LogP contribution >= 0.6 is 0 Å². The van der Waals surface area contributed by atoms with E-state index in [1.54, 1.807) is 6.20 Å². The van der Waals surface area contributed by atoms with Crippen molar-refractivity contribution < 1.29 is 4.79 Å². The summed E-state index contributed by atoms with van der Waals surface area (Å²) in [5.74, 6) is -0.131. The second-order valence-corrected chi connectivity index (χ2v) is 4.93. The van der Waals surface area contributed by atoms with Gasteiger partial charge in [0.25, 0.3) is 0 Å². The highest BCUT2D eigenvalue weighted by Gasteiger charge is 2.14. The number of carbonyl (C=O) groups excluding carboxylic acids is 1. The molecule has 0 aliphatic heterocycles. The first-order chi connectivity index (χ1) is 10.1. The quantitative estimate of drug-likeness (QED) is 0.719. The minimum absolute atomic E-state index is 0.131. The van der Waals surface area contributed by atoms with Crippen LogP contribution in [0.4, 0.5) is 0 Å². The minimum Gasteiger partial charge on any atom is -0.273 e. The molecule has 0 N–H and O–H groups in total. The van der Waals surface area contributed by atoms with Crippen molar-refractivity contribution in [3.05, 3.63) is 60.3 Å². The number of benzene rings is 1. The monoisotopic (exact) mass is 277 g/mol. The Morgan fingerprint density at radius 2 is 1.81 bits per heavy atom. The lowest BCUT2D eigenvalue weighted by Gasteiger charge is -2.01. The molecule has 3 rings (SSSR count). The zero-order valence-electron chi connectivity index (χ0n) is 11.9. The summed E-state index contributed by atoms with van der Waals surface area (Å²) in [6.45, 7) is 3.54. The molecule has 0 saturated carbocycles. The van der Waals surface area contributed by atoms with Gasteiger partial charge in [0, 0.05) is 18.7 Å². The van der Waals surface area contributed by atoms with E-state index in [-0.39, 0.29) is 5.91 Å². The summed E-state index contributed by atoms with van der Waals surface area (Å²) in [7, 11) is 0. The fourth-order valence-electron chi connectivity index (χ4n) is 2.18. The third kappa shape index (κ3) is 2.60. The SMILES string of the molecule is CC(=O)n1nc(-c2ccc(C)cc2)cc1-c1ccccn1. The average molecular weight is 277 g/mol. The van der Waals surface area contributed by atoms with E-state index in [0.717, 1.165) is 17.0 Å². The first-order valence-corrected chi connectivity index (χ1v) is 6.74. The van der Waals surface area contributed by atoms with E-state index in [1.165, 1.54) is 17.2 Å². The van der Waals surface area contributed by atoms with Gasteiger partial charge in [0.1, 0.15) is 0 Å². The van der Waals surface area contributed by atoms with Crippen molar-refractivity contribution in [3.63, 3.8) is 0 Å². The molecule has 1 aromatic carbocycles. The molecular formula is C17H15N3O. The van der Waals surface area contributed by atoms with Crippen molar-refractivity contribution in [2.24, 2.45) is 0 Å². The minimum atomic E-state index is -0.131. The van der Waals surface area contributed by atoms with Crippen LogP contribution in [0.25, 0.3) is 22.6 Å². The van der Waals surface area contributed by atoms with Gasteiger partial charge in [-0.25, -0.2) is 0 Å². The van der Waals surface area contributed by atoms with E-state index in [4.69, 9.17) is 0 Å². The van der Waals surface area contributed by atoms with Gasteiger partial charge in [0.15, 0.2) is 0 Å². The van der Waals surface area contributed by atoms with E-state index in [2.05, 4.69) is 10.1 Å². The van der Waals surface area contributed by atoms with Crippen LogP contribution in [0.5, 0.6) is 0 Å². The Labute approximate surface area is 123 Å². The summed E-state index contributed by atoms with van der Waals surface area (Å²) in [5, 5.41) is 4.41. The summed E-state index contributed by atoms with van der Waals surface area (Å²) in [4.78, 5) is 16.1. The van der Waals surface area contributed by atoms with Crippen LogP contribution in [0.1, 0.15) is 17.3 Å². The number of hydrogen-bond donors (Lipinski definition) is 0. The number of aryl methyl sites for hydroxylation is 1. The van der Waals surface area contributed by atoms with Gasteiger partial charge in [0.2, 0.25) is 5.91 Å². The van der Waals surface area contributed by atoms with Crippen molar-refractivity contribution in [1.82, 2.24) is 14.8 Å². The molecule has 0 bridgehead atoms. The van der Waals surface area contributed by atoms with Crippen molar-refractivity contribution in [2.45, 2.75) is 13.8 Å². The van der Waals surface area contributed by atoms with Crippen LogP contribution in [0.15, 0.2) is 54.7 Å². The molecule has 3 aromatic rings. The van der Waals surface area contributed by atoms with Gasteiger partial charge in [-0.05, 0) is 25.1 Å². The molecule has 0 spiro atoms. The summed E-state index contributed by atoms with van der Waals surface area (Å²) in [6, 6.07) is 15.6. The number of hydrogen-bond acceptors (Lipinski definition) is 3. The number of carbonyl (C=O) groups is 1. The molecule has 0 fully saturated rings. The summed E-state index contributed by atoms with van der Waals surface area (Å²) < 4.78 is 1.40. The maximum absolute atomic E-state index is 11.8. The maximum Gasteiger partial charge on any atom is 0.244 e. The van der Waals surface area contributed by atoms with Gasteiger partial charge in [-0.15, -0.1) is 0 Å². The van der Waals surface area contributed by atoms with Crippen molar-refractivity contribution in [3.8, 4) is 22.6 Å². The van der Waals surface area contributed by atoms with Crippen molar-refractivity contribution >= 4 is 5.91 Å². The maximum atomic E-state index is 11.8. The highest BCUT2D eigenvalue weighted by molar-refractivity contribution is 5.82. The summed E-state index contributed by atoms with van der Waals surface area (Å²) >= 11 is 0. The Balaban J connectivity index is 2.13. The Bertz CT molecular complexity index is 774. The normalized spacial score (nSPS) is 10.6. The van der Waals surface area contributed by atoms with Crippen LogP contribution in [0, 0.1) is 6.92 Å². The predicted molar refractivity (Wildman–Crippen MR) is 81.9 cm³/mol. The van der Waals surface area contributed by atoms with Crippen molar-refractivity contribution in [2.75, 3.05) is 0 Å². The molecule has 0 atom stereocenters. The molecular weight excluding hydrogens is 262 g/mol. The molecule has 4 heteroatoms. The summed E-state index contributed by atoms with van der Waals surface area (Å²) in [5.41, 5.74) is 4.38. The van der Waals surface area contributed by atoms with Crippen LogP contribution in [-0.2, 0) is 0 Å². The molecule has 0 unspecified atom stereocenters. The van der Waals surface area contributed by atoms with Gasteiger partial charge in [-0.2, -0.15) is 9.78 Å². The van der Waals surface area contributed by atoms with Crippen LogP contribution in [0.3, 0.4) is 0 Å². The first-order valence-electron chi connectivity index (χ1n) is 6.74. The predicted octanol–water partition coefficient (Wildman–Crippen LogP) is 3.58. The molecule has 2 heterocycles. The molecule has 4 nitrogen and oxygen atoms in total. The smallest absolute Gasteiger partial charge is 0.244 e. The highest BCUT2D eigenvalue weighted by Crippen LogP contribution is 2.25. The lowest BCUT2D eigenvalue weighted by molar-refractivity contribution is 0.0923. The van der Waals surface area contributed by atoms with Gasteiger partial charge >= 0.3 is 0 Å². The van der Waals surface area contributed by atoms with Crippen LogP contribution in [-0.4, -0.2) is 20.7 Å². The molecule has 0 aliphatic carbocycles. The fraction of sp³-hybridized carbons (Fsp3) is 0.118. The van der Waals surface area contributed by atoms with Gasteiger partial charge < -0.3 is 0 Å². The first kappa shape index (κ1) is 13.2. The zero-order chi connectivity index (χ0) is 14.8. The fourth-order valence-corrected chi connectivity index (χ4v) is 2.18. The molecule has 0 aliphatic rings. The number of rotatable bonds is 2. The van der Waals surface area contributed by atoms with Crippen molar-refractivity contribution in [1.29, 1.82) is 0 Å². The van der Waals surface area contributed by atoms with Gasteiger partial charge in [-0.1, -0.05) is 35.9 Å². The molecule has 2 aromatic heterocycles. The van der Waals surface area contributed by atoms with Gasteiger partial charge in [-0.3, -0.25) is 9.78 Å². The lowest BCUT2D eigenvalue weighted by Crippen LogP contribution is -2.09. The Hall–Kier alpha value is -2.75. The number of pyridine rings is 1. The van der Waals surface area contributed by atoms with Crippen LogP contribution < -0.4 is 0 Å². The van der Waals surface area contributed by atoms with E-state index in [0.29, 0.717) is 5.69 Å². The molecule has 0 amide bonds. The molecule has 104 valence electrons. The topological polar surface area (TPSA) is 47.8 Å². The highest BCUT2D eigenvalue weighted by atomic mass is 16.2. The van der Waals surface area contributed by atoms with E-state index < -0.39 is 0 Å². The third-order valence-electron chi connectivity index (χ3n) is 3.28. The van der Waals surface area contributed by atoms with E-state index in [9.17, 15) is 4.79 Å². The molecule has 0 saturated heterocycles. The molecule has 0 radical (unpaired) electrons. The lowest BCUT2D eigenvalue weighted by atomic mass is 10.1. The molecule has 21 heavy (non-hydrogen) atoms. The number of nitrogens with zero attached hydrogens (tertiary/aromatic N) is 3. The number of aromatic nitrogens is 3. The second kappa shape index (κ2) is 5.32. The Morgan fingerprint density at radius 3 is 2.43 bits per heavy atom. The Kier molecular flexibility index (Phi) is 3.36. The second-order valence-electron chi connectivity index (χ2n) is 4.93. The van der Waals surface area contributed by atoms with E-state index >= 15 is 0 Å².